The van der Waals surface area contributed by atoms with Crippen LogP contribution in [-0.4, -0.2) is 22.4 Å². The van der Waals surface area contributed by atoms with Crippen LogP contribution >= 0.6 is 0 Å². The molecule has 5 heteroatoms. The molecule has 0 bridgehead atoms. The van der Waals surface area contributed by atoms with Gasteiger partial charge in [0.25, 0.3) is 0 Å². The van der Waals surface area contributed by atoms with Crippen LogP contribution in [0.25, 0.3) is 11.8 Å². The molecule has 24 heavy (non-hydrogen) atoms. The van der Waals surface area contributed by atoms with Gasteiger partial charge >= 0.3 is 0 Å². The van der Waals surface area contributed by atoms with Crippen LogP contribution in [0.1, 0.15) is 15.9 Å². The number of carbonyl (C=O) groups is 1. The highest BCUT2D eigenvalue weighted by molar-refractivity contribution is 6.07. The molecule has 0 aliphatic carbocycles. The predicted octanol–water partition coefficient (Wildman–Crippen LogP) is 3.50. The molecule has 0 spiro atoms. The quantitative estimate of drug-likeness (QED) is 0.546. The Bertz CT molecular complexity index is 913. The van der Waals surface area contributed by atoms with Gasteiger partial charge in [-0.1, -0.05) is 18.2 Å². The van der Waals surface area contributed by atoms with Crippen molar-refractivity contribution in [2.24, 2.45) is 0 Å². The van der Waals surface area contributed by atoms with E-state index in [1.807, 2.05) is 36.5 Å². The molecule has 0 radical (unpaired) electrons. The van der Waals surface area contributed by atoms with E-state index >= 15 is 0 Å². The van der Waals surface area contributed by atoms with Crippen molar-refractivity contribution in [1.82, 2.24) is 9.78 Å². The molecule has 0 saturated carbocycles. The third-order valence-corrected chi connectivity index (χ3v) is 3.71. The van der Waals surface area contributed by atoms with Crippen LogP contribution in [0.2, 0.25) is 0 Å². The molecule has 2 heterocycles. The number of aromatic nitrogens is 2. The van der Waals surface area contributed by atoms with Crippen LogP contribution < -0.4 is 9.47 Å². The Morgan fingerprint density at radius 1 is 1.08 bits per heavy atom. The molecule has 1 aromatic heterocycles. The number of allylic oxidation sites excluding steroid dienone is 1. The second kappa shape index (κ2) is 6.04. The lowest BCUT2D eigenvalue weighted by Crippen LogP contribution is -1.94. The average Bonchev–Trinajstić information content (AvgIpc) is 3.29. The van der Waals surface area contributed by atoms with Crippen molar-refractivity contribution in [3.05, 3.63) is 78.1 Å². The summed E-state index contributed by atoms with van der Waals surface area (Å²) < 4.78 is 12.3. The lowest BCUT2D eigenvalue weighted by molar-refractivity contribution is 0.104. The SMILES string of the molecule is O=C(/C=C/c1cnn(-c2ccccc2)c1)c1ccc2c(c1)OCO2. The first-order valence-electron chi connectivity index (χ1n) is 7.52. The van der Waals surface area contributed by atoms with Gasteiger partial charge in [0.15, 0.2) is 17.3 Å². The van der Waals surface area contributed by atoms with Crippen molar-refractivity contribution < 1.29 is 14.3 Å². The monoisotopic (exact) mass is 318 g/mol. The molecule has 1 aliphatic rings. The zero-order chi connectivity index (χ0) is 16.4. The molecule has 0 saturated heterocycles. The number of hydrogen-bond acceptors (Lipinski definition) is 4. The van der Waals surface area contributed by atoms with Gasteiger partial charge in [0, 0.05) is 17.3 Å². The van der Waals surface area contributed by atoms with Gasteiger partial charge in [-0.2, -0.15) is 5.10 Å². The van der Waals surface area contributed by atoms with Crippen LogP contribution in [0.15, 0.2) is 67.0 Å². The number of ether oxygens (including phenoxy) is 2. The van der Waals surface area contributed by atoms with E-state index in [-0.39, 0.29) is 12.6 Å². The van der Waals surface area contributed by atoms with E-state index in [1.165, 1.54) is 6.08 Å². The number of ketones is 1. The molecule has 0 unspecified atom stereocenters. The summed E-state index contributed by atoms with van der Waals surface area (Å²) in [5, 5.41) is 4.30. The number of benzene rings is 2. The minimum atomic E-state index is -0.0965. The van der Waals surface area contributed by atoms with Gasteiger partial charge in [0.05, 0.1) is 11.9 Å². The fourth-order valence-corrected chi connectivity index (χ4v) is 2.46. The molecule has 3 aromatic rings. The summed E-state index contributed by atoms with van der Waals surface area (Å²) in [6.07, 6.45) is 6.87. The standard InChI is InChI=1S/C19H14N2O3/c22-17(15-7-9-18-19(10-15)24-13-23-18)8-6-14-11-20-21(12-14)16-4-2-1-3-5-16/h1-12H,13H2/b8-6+. The molecule has 2 aromatic carbocycles. The number of para-hydroxylation sites is 1. The van der Waals surface area contributed by atoms with Crippen LogP contribution in [0.5, 0.6) is 11.5 Å². The summed E-state index contributed by atoms with van der Waals surface area (Å²) in [5.74, 6) is 1.17. The Labute approximate surface area is 138 Å². The van der Waals surface area contributed by atoms with Crippen molar-refractivity contribution in [2.45, 2.75) is 0 Å². The van der Waals surface area contributed by atoms with Crippen molar-refractivity contribution in [3.63, 3.8) is 0 Å². The summed E-state index contributed by atoms with van der Waals surface area (Å²) in [4.78, 5) is 12.3. The number of rotatable bonds is 4. The average molecular weight is 318 g/mol. The molecule has 0 N–H and O–H groups in total. The molecular weight excluding hydrogens is 304 g/mol. The summed E-state index contributed by atoms with van der Waals surface area (Å²) in [7, 11) is 0. The second-order valence-corrected chi connectivity index (χ2v) is 5.32. The van der Waals surface area contributed by atoms with Crippen LogP contribution in [0, 0.1) is 0 Å². The second-order valence-electron chi connectivity index (χ2n) is 5.32. The summed E-state index contributed by atoms with van der Waals surface area (Å²) >= 11 is 0. The van der Waals surface area contributed by atoms with Gasteiger partial charge < -0.3 is 9.47 Å². The van der Waals surface area contributed by atoms with Gasteiger partial charge in [-0.05, 0) is 42.5 Å². The van der Waals surface area contributed by atoms with Crippen LogP contribution in [-0.2, 0) is 0 Å². The maximum absolute atomic E-state index is 12.3. The number of hydrogen-bond donors (Lipinski definition) is 0. The molecule has 1 aliphatic heterocycles. The predicted molar refractivity (Wildman–Crippen MR) is 89.5 cm³/mol. The van der Waals surface area contributed by atoms with Crippen molar-refractivity contribution >= 4 is 11.9 Å². The fourth-order valence-electron chi connectivity index (χ4n) is 2.46. The zero-order valence-electron chi connectivity index (χ0n) is 12.8. The highest BCUT2D eigenvalue weighted by atomic mass is 16.7. The van der Waals surface area contributed by atoms with E-state index in [9.17, 15) is 4.79 Å². The summed E-state index contributed by atoms with van der Waals surface area (Å²) in [6.45, 7) is 0.196. The molecule has 4 rings (SSSR count). The molecule has 0 fully saturated rings. The zero-order valence-corrected chi connectivity index (χ0v) is 12.8. The first-order chi connectivity index (χ1) is 11.8. The van der Waals surface area contributed by atoms with Crippen molar-refractivity contribution in [3.8, 4) is 17.2 Å². The topological polar surface area (TPSA) is 53.4 Å². The smallest absolute Gasteiger partial charge is 0.231 e. The van der Waals surface area contributed by atoms with Gasteiger partial charge in [-0.3, -0.25) is 4.79 Å². The van der Waals surface area contributed by atoms with Crippen LogP contribution in [0.3, 0.4) is 0 Å². The van der Waals surface area contributed by atoms with E-state index in [0.717, 1.165) is 11.3 Å². The van der Waals surface area contributed by atoms with Crippen molar-refractivity contribution in [2.75, 3.05) is 6.79 Å². The molecule has 0 atom stereocenters. The van der Waals surface area contributed by atoms with Gasteiger partial charge in [0.1, 0.15) is 0 Å². The third kappa shape index (κ3) is 2.79. The lowest BCUT2D eigenvalue weighted by Gasteiger charge is -1.99. The van der Waals surface area contributed by atoms with E-state index in [0.29, 0.717) is 17.1 Å². The molecular formula is C19H14N2O3. The Kier molecular flexibility index (Phi) is 3.59. The highest BCUT2D eigenvalue weighted by Crippen LogP contribution is 2.32. The van der Waals surface area contributed by atoms with Gasteiger partial charge in [-0.25, -0.2) is 4.68 Å². The minimum absolute atomic E-state index is 0.0965. The Morgan fingerprint density at radius 2 is 1.92 bits per heavy atom. The summed E-state index contributed by atoms with van der Waals surface area (Å²) in [6, 6.07) is 15.0. The third-order valence-electron chi connectivity index (χ3n) is 3.71. The van der Waals surface area contributed by atoms with Gasteiger partial charge in [-0.15, -0.1) is 0 Å². The molecule has 118 valence electrons. The van der Waals surface area contributed by atoms with E-state index in [1.54, 1.807) is 35.2 Å². The van der Waals surface area contributed by atoms with E-state index in [4.69, 9.17) is 9.47 Å². The fraction of sp³-hybridized carbons (Fsp3) is 0.0526. The van der Waals surface area contributed by atoms with E-state index < -0.39 is 0 Å². The minimum Gasteiger partial charge on any atom is -0.454 e. The number of nitrogens with zero attached hydrogens (tertiary/aromatic N) is 2. The Morgan fingerprint density at radius 3 is 2.79 bits per heavy atom. The normalized spacial score (nSPS) is 12.7. The summed E-state index contributed by atoms with van der Waals surface area (Å²) in [5.41, 5.74) is 2.39. The van der Waals surface area contributed by atoms with E-state index in [2.05, 4.69) is 5.10 Å². The Balaban J connectivity index is 1.51. The number of carbonyl (C=O) groups excluding carboxylic acids is 1. The first-order valence-corrected chi connectivity index (χ1v) is 7.52. The number of fused-ring (bicyclic) bond motifs is 1. The highest BCUT2D eigenvalue weighted by Gasteiger charge is 2.15. The lowest BCUT2D eigenvalue weighted by atomic mass is 10.1. The maximum Gasteiger partial charge on any atom is 0.231 e. The van der Waals surface area contributed by atoms with Gasteiger partial charge in [0.2, 0.25) is 6.79 Å². The van der Waals surface area contributed by atoms with Crippen LogP contribution in [0.4, 0.5) is 0 Å². The molecule has 0 amide bonds. The largest absolute Gasteiger partial charge is 0.454 e. The Hall–Kier alpha value is -3.34. The maximum atomic E-state index is 12.3. The molecule has 5 nitrogen and oxygen atoms in total. The van der Waals surface area contributed by atoms with Crippen molar-refractivity contribution in [1.29, 1.82) is 0 Å². The first kappa shape index (κ1) is 14.3.